The van der Waals surface area contributed by atoms with Gasteiger partial charge in [-0.25, -0.2) is 4.79 Å². The Balaban J connectivity index is 1.88. The van der Waals surface area contributed by atoms with Gasteiger partial charge in [0.25, 0.3) is 0 Å². The van der Waals surface area contributed by atoms with Crippen LogP contribution >= 0.6 is 0 Å². The van der Waals surface area contributed by atoms with Crippen LogP contribution in [0.25, 0.3) is 6.08 Å². The van der Waals surface area contributed by atoms with Crippen LogP contribution in [0.2, 0.25) is 0 Å². The van der Waals surface area contributed by atoms with Crippen LogP contribution in [0.15, 0.2) is 36.4 Å². The van der Waals surface area contributed by atoms with Crippen molar-refractivity contribution in [2.75, 3.05) is 13.2 Å². The molecule has 0 aliphatic rings. The average Bonchev–Trinajstić information content (AvgIpc) is 2.62. The summed E-state index contributed by atoms with van der Waals surface area (Å²) >= 11 is 0. The summed E-state index contributed by atoms with van der Waals surface area (Å²) in [4.78, 5) is 11.6. The number of hydrogen-bond donors (Lipinski definition) is 1. The summed E-state index contributed by atoms with van der Waals surface area (Å²) in [5.41, 5.74) is 6.49. The second-order valence-corrected chi connectivity index (χ2v) is 6.24. The Bertz CT molecular complexity index is 442. The van der Waals surface area contributed by atoms with Crippen molar-refractivity contribution in [2.45, 2.75) is 64.2 Å². The summed E-state index contributed by atoms with van der Waals surface area (Å²) in [7, 11) is 0. The molecule has 0 saturated heterocycles. The van der Waals surface area contributed by atoms with Crippen LogP contribution in [-0.2, 0) is 9.53 Å². The molecule has 0 unspecified atom stereocenters. The predicted molar refractivity (Wildman–Crippen MR) is 102 cm³/mol. The van der Waals surface area contributed by atoms with Crippen molar-refractivity contribution in [3.63, 3.8) is 0 Å². The zero-order valence-corrected chi connectivity index (χ0v) is 14.9. The first-order valence-electron chi connectivity index (χ1n) is 9.43. The van der Waals surface area contributed by atoms with Gasteiger partial charge in [-0.05, 0) is 31.0 Å². The van der Waals surface area contributed by atoms with Gasteiger partial charge >= 0.3 is 5.97 Å². The van der Waals surface area contributed by atoms with Gasteiger partial charge in [0.05, 0.1) is 6.61 Å². The van der Waals surface area contributed by atoms with E-state index in [1.54, 1.807) is 6.08 Å². The number of unbranched alkanes of at least 4 members (excludes halogenated alkanes) is 9. The van der Waals surface area contributed by atoms with Crippen molar-refractivity contribution in [3.8, 4) is 0 Å². The molecule has 3 heteroatoms. The van der Waals surface area contributed by atoms with Gasteiger partial charge in [-0.1, -0.05) is 81.7 Å². The largest absolute Gasteiger partial charge is 0.463 e. The van der Waals surface area contributed by atoms with Crippen molar-refractivity contribution >= 4 is 12.0 Å². The van der Waals surface area contributed by atoms with Crippen LogP contribution in [-0.4, -0.2) is 19.1 Å². The van der Waals surface area contributed by atoms with Crippen molar-refractivity contribution in [3.05, 3.63) is 42.0 Å². The Morgan fingerprint density at radius 1 is 0.833 bits per heavy atom. The molecule has 1 rings (SSSR count). The van der Waals surface area contributed by atoms with Gasteiger partial charge in [0.15, 0.2) is 0 Å². The molecule has 134 valence electrons. The van der Waals surface area contributed by atoms with Crippen LogP contribution in [0.1, 0.15) is 69.8 Å². The van der Waals surface area contributed by atoms with Gasteiger partial charge in [0.2, 0.25) is 0 Å². The van der Waals surface area contributed by atoms with E-state index in [1.807, 2.05) is 30.3 Å². The number of carbonyl (C=O) groups is 1. The molecule has 0 spiro atoms. The first-order chi connectivity index (χ1) is 11.8. The average molecular weight is 332 g/mol. The topological polar surface area (TPSA) is 52.3 Å². The fourth-order valence-corrected chi connectivity index (χ4v) is 2.61. The van der Waals surface area contributed by atoms with E-state index < -0.39 is 0 Å². The quantitative estimate of drug-likeness (QED) is 0.293. The smallest absolute Gasteiger partial charge is 0.330 e. The Kier molecular flexibility index (Phi) is 12.7. The number of rotatable bonds is 14. The van der Waals surface area contributed by atoms with Crippen molar-refractivity contribution in [1.29, 1.82) is 0 Å². The molecule has 1 aromatic carbocycles. The maximum atomic E-state index is 11.6. The molecule has 0 aliphatic carbocycles. The van der Waals surface area contributed by atoms with Gasteiger partial charge in [-0.15, -0.1) is 0 Å². The summed E-state index contributed by atoms with van der Waals surface area (Å²) in [6.45, 7) is 1.35. The van der Waals surface area contributed by atoms with Gasteiger partial charge in [-0.2, -0.15) is 0 Å². The number of hydrogen-bond acceptors (Lipinski definition) is 3. The van der Waals surface area contributed by atoms with Crippen molar-refractivity contribution in [2.24, 2.45) is 5.73 Å². The maximum Gasteiger partial charge on any atom is 0.330 e. The van der Waals surface area contributed by atoms with E-state index in [1.165, 1.54) is 57.4 Å². The number of nitrogens with two attached hydrogens (primary N) is 1. The highest BCUT2D eigenvalue weighted by molar-refractivity contribution is 5.86. The second-order valence-electron chi connectivity index (χ2n) is 6.24. The molecule has 0 atom stereocenters. The van der Waals surface area contributed by atoms with E-state index in [2.05, 4.69) is 0 Å². The number of esters is 1. The predicted octanol–water partition coefficient (Wildman–Crippen LogP) is 5.10. The minimum Gasteiger partial charge on any atom is -0.463 e. The third-order valence-electron chi connectivity index (χ3n) is 4.05. The zero-order chi connectivity index (χ0) is 17.3. The fraction of sp³-hybridized carbons (Fsp3) is 0.571. The van der Waals surface area contributed by atoms with Crippen LogP contribution in [0, 0.1) is 0 Å². The Hall–Kier alpha value is -1.61. The summed E-state index contributed by atoms with van der Waals surface area (Å²) in [6.07, 6.45) is 15.7. The fourth-order valence-electron chi connectivity index (χ4n) is 2.61. The molecule has 0 radical (unpaired) electrons. The Labute approximate surface area is 147 Å². The first-order valence-corrected chi connectivity index (χ1v) is 9.43. The molecule has 0 amide bonds. The molecule has 0 saturated carbocycles. The molecule has 24 heavy (non-hydrogen) atoms. The lowest BCUT2D eigenvalue weighted by Gasteiger charge is -2.03. The van der Waals surface area contributed by atoms with E-state index in [0.29, 0.717) is 6.61 Å². The lowest BCUT2D eigenvalue weighted by Crippen LogP contribution is -2.02. The molecule has 0 aliphatic heterocycles. The molecule has 1 aromatic rings. The number of benzene rings is 1. The Morgan fingerprint density at radius 3 is 1.96 bits per heavy atom. The molecule has 0 fully saturated rings. The number of ether oxygens (including phenoxy) is 1. The highest BCUT2D eigenvalue weighted by atomic mass is 16.5. The monoisotopic (exact) mass is 331 g/mol. The third-order valence-corrected chi connectivity index (χ3v) is 4.05. The van der Waals surface area contributed by atoms with Crippen molar-refractivity contribution < 1.29 is 9.53 Å². The first kappa shape index (κ1) is 20.4. The van der Waals surface area contributed by atoms with Gasteiger partial charge in [0.1, 0.15) is 0 Å². The standard InChI is InChI=1S/C21H33NO2/c22-18-12-7-5-3-1-2-4-6-8-13-19-24-21(23)17-16-20-14-10-9-11-15-20/h9-11,14-17H,1-8,12-13,18-19,22H2/b17-16+. The van der Waals surface area contributed by atoms with Crippen LogP contribution in [0.5, 0.6) is 0 Å². The molecule has 0 heterocycles. The molecule has 3 nitrogen and oxygen atoms in total. The van der Waals surface area contributed by atoms with E-state index in [-0.39, 0.29) is 5.97 Å². The molecular weight excluding hydrogens is 298 g/mol. The number of carbonyl (C=O) groups excluding carboxylic acids is 1. The van der Waals surface area contributed by atoms with E-state index in [4.69, 9.17) is 10.5 Å². The summed E-state index contributed by atoms with van der Waals surface area (Å²) in [5.74, 6) is -0.253. The summed E-state index contributed by atoms with van der Waals surface area (Å²) < 4.78 is 5.21. The molecule has 0 aromatic heterocycles. The third kappa shape index (κ3) is 11.9. The normalized spacial score (nSPS) is 11.0. The van der Waals surface area contributed by atoms with E-state index in [9.17, 15) is 4.79 Å². The van der Waals surface area contributed by atoms with E-state index in [0.717, 1.165) is 24.9 Å². The highest BCUT2D eigenvalue weighted by Crippen LogP contribution is 2.10. The van der Waals surface area contributed by atoms with Gasteiger partial charge < -0.3 is 10.5 Å². The SMILES string of the molecule is NCCCCCCCCCCCCOC(=O)/C=C/c1ccccc1. The van der Waals surface area contributed by atoms with Crippen LogP contribution in [0.4, 0.5) is 0 Å². The molecule has 0 bridgehead atoms. The minimum atomic E-state index is -0.253. The van der Waals surface area contributed by atoms with E-state index >= 15 is 0 Å². The molecular formula is C21H33NO2. The highest BCUT2D eigenvalue weighted by Gasteiger charge is 1.97. The zero-order valence-electron chi connectivity index (χ0n) is 14.9. The Morgan fingerprint density at radius 2 is 1.38 bits per heavy atom. The van der Waals surface area contributed by atoms with Crippen LogP contribution in [0.3, 0.4) is 0 Å². The second kappa shape index (κ2) is 14.9. The lowest BCUT2D eigenvalue weighted by molar-refractivity contribution is -0.137. The lowest BCUT2D eigenvalue weighted by atomic mass is 10.1. The molecule has 2 N–H and O–H groups in total. The maximum absolute atomic E-state index is 11.6. The van der Waals surface area contributed by atoms with Gasteiger partial charge in [0, 0.05) is 6.08 Å². The van der Waals surface area contributed by atoms with Gasteiger partial charge in [-0.3, -0.25) is 0 Å². The summed E-state index contributed by atoms with van der Waals surface area (Å²) in [5, 5.41) is 0. The minimum absolute atomic E-state index is 0.253. The van der Waals surface area contributed by atoms with Crippen molar-refractivity contribution in [1.82, 2.24) is 0 Å². The van der Waals surface area contributed by atoms with Crippen LogP contribution < -0.4 is 5.73 Å². The summed E-state index contributed by atoms with van der Waals surface area (Å²) in [6, 6.07) is 9.78.